The predicted octanol–water partition coefficient (Wildman–Crippen LogP) is 2.44. The Kier molecular flexibility index (Phi) is 6.34. The highest BCUT2D eigenvalue weighted by atomic mass is 32.2. The molecule has 0 radical (unpaired) electrons. The van der Waals surface area contributed by atoms with Crippen LogP contribution in [-0.4, -0.2) is 62.7 Å². The first-order valence-corrected chi connectivity index (χ1v) is 13.4. The molecule has 2 aliphatic heterocycles. The highest BCUT2D eigenvalue weighted by Crippen LogP contribution is 2.24. The van der Waals surface area contributed by atoms with E-state index in [2.05, 4.69) is 10.3 Å². The SMILES string of the molecule is Cc1ccc(S(=O)(=O)N2CCC(Nc3ccc(S(=O)(=O)N4CCCC4)cn3)CC2)cc1. The van der Waals surface area contributed by atoms with Gasteiger partial charge >= 0.3 is 0 Å². The fourth-order valence-electron chi connectivity index (χ4n) is 4.00. The van der Waals surface area contributed by atoms with E-state index in [4.69, 9.17) is 0 Å². The van der Waals surface area contributed by atoms with Crippen LogP contribution in [0, 0.1) is 6.92 Å². The molecular weight excluding hydrogens is 436 g/mol. The van der Waals surface area contributed by atoms with E-state index in [9.17, 15) is 16.8 Å². The predicted molar refractivity (Wildman–Crippen MR) is 119 cm³/mol. The molecule has 1 aromatic carbocycles. The molecule has 0 bridgehead atoms. The standard InChI is InChI=1S/C21H28N4O4S2/c1-17-4-6-19(7-5-17)30(26,27)25-14-10-18(11-15-25)23-21-9-8-20(16-22-21)31(28,29)24-12-2-3-13-24/h4-9,16,18H,2-3,10-15H2,1H3,(H,22,23). The zero-order valence-corrected chi connectivity index (χ0v) is 19.2. The summed E-state index contributed by atoms with van der Waals surface area (Å²) in [4.78, 5) is 4.81. The third-order valence-electron chi connectivity index (χ3n) is 5.90. The molecule has 0 amide bonds. The van der Waals surface area contributed by atoms with Crippen LogP contribution in [0.4, 0.5) is 5.82 Å². The number of benzene rings is 1. The van der Waals surface area contributed by atoms with E-state index in [0.717, 1.165) is 18.4 Å². The number of hydrogen-bond donors (Lipinski definition) is 1. The molecule has 3 heterocycles. The summed E-state index contributed by atoms with van der Waals surface area (Å²) < 4.78 is 53.9. The second kappa shape index (κ2) is 8.85. The zero-order chi connectivity index (χ0) is 22.1. The van der Waals surface area contributed by atoms with Crippen molar-refractivity contribution in [1.29, 1.82) is 0 Å². The molecular formula is C21H28N4O4S2. The van der Waals surface area contributed by atoms with E-state index >= 15 is 0 Å². The number of aryl methyl sites for hydroxylation is 1. The zero-order valence-electron chi connectivity index (χ0n) is 17.6. The van der Waals surface area contributed by atoms with Crippen molar-refractivity contribution < 1.29 is 16.8 Å². The number of nitrogens with one attached hydrogen (secondary N) is 1. The van der Waals surface area contributed by atoms with Gasteiger partial charge in [-0.15, -0.1) is 0 Å². The Morgan fingerprint density at radius 1 is 0.806 bits per heavy atom. The minimum absolute atomic E-state index is 0.0815. The minimum atomic E-state index is -3.49. The van der Waals surface area contributed by atoms with E-state index in [1.54, 1.807) is 36.4 Å². The fourth-order valence-corrected chi connectivity index (χ4v) is 6.94. The lowest BCUT2D eigenvalue weighted by Gasteiger charge is -2.32. The Morgan fingerprint density at radius 2 is 1.35 bits per heavy atom. The van der Waals surface area contributed by atoms with E-state index in [1.807, 2.05) is 6.92 Å². The Bertz CT molecular complexity index is 1100. The van der Waals surface area contributed by atoms with Gasteiger partial charge in [0.1, 0.15) is 10.7 Å². The number of nitrogens with zero attached hydrogens (tertiary/aromatic N) is 3. The smallest absolute Gasteiger partial charge is 0.244 e. The van der Waals surface area contributed by atoms with Crippen LogP contribution in [0.5, 0.6) is 0 Å². The Morgan fingerprint density at radius 3 is 1.94 bits per heavy atom. The molecule has 2 aromatic rings. The second-order valence-corrected chi connectivity index (χ2v) is 12.0. The van der Waals surface area contributed by atoms with Gasteiger partial charge in [-0.25, -0.2) is 21.8 Å². The molecule has 10 heteroatoms. The lowest BCUT2D eigenvalue weighted by molar-refractivity contribution is 0.329. The summed E-state index contributed by atoms with van der Waals surface area (Å²) in [6, 6.07) is 10.3. The number of anilines is 1. The van der Waals surface area contributed by atoms with Gasteiger partial charge in [0.05, 0.1) is 4.90 Å². The number of hydrogen-bond acceptors (Lipinski definition) is 6. The van der Waals surface area contributed by atoms with Crippen LogP contribution in [0.2, 0.25) is 0 Å². The van der Waals surface area contributed by atoms with Gasteiger partial charge in [0.25, 0.3) is 0 Å². The van der Waals surface area contributed by atoms with Gasteiger partial charge in [0.2, 0.25) is 20.0 Å². The Balaban J connectivity index is 1.35. The van der Waals surface area contributed by atoms with Gasteiger partial charge in [-0.05, 0) is 56.9 Å². The summed E-state index contributed by atoms with van der Waals surface area (Å²) in [6.45, 7) is 3.90. The van der Waals surface area contributed by atoms with Gasteiger partial charge < -0.3 is 5.32 Å². The van der Waals surface area contributed by atoms with Crippen LogP contribution in [-0.2, 0) is 20.0 Å². The van der Waals surface area contributed by atoms with Crippen LogP contribution < -0.4 is 5.32 Å². The van der Waals surface area contributed by atoms with Crippen LogP contribution in [0.1, 0.15) is 31.2 Å². The molecule has 0 atom stereocenters. The number of pyridine rings is 1. The largest absolute Gasteiger partial charge is 0.367 e. The summed E-state index contributed by atoms with van der Waals surface area (Å²) in [6.07, 6.45) is 4.49. The van der Waals surface area contributed by atoms with Gasteiger partial charge in [-0.1, -0.05) is 17.7 Å². The molecule has 2 aliphatic rings. The van der Waals surface area contributed by atoms with E-state index in [0.29, 0.717) is 49.7 Å². The molecule has 4 rings (SSSR count). The van der Waals surface area contributed by atoms with Crippen LogP contribution in [0.15, 0.2) is 52.4 Å². The first-order chi connectivity index (χ1) is 14.8. The quantitative estimate of drug-likeness (QED) is 0.705. The Hall–Kier alpha value is -2.01. The summed E-state index contributed by atoms with van der Waals surface area (Å²) in [5.41, 5.74) is 1.02. The molecule has 2 saturated heterocycles. The van der Waals surface area contributed by atoms with Gasteiger partial charge in [-0.3, -0.25) is 0 Å². The summed E-state index contributed by atoms with van der Waals surface area (Å²) in [5, 5.41) is 3.31. The Labute approximate surface area is 184 Å². The summed E-state index contributed by atoms with van der Waals surface area (Å²) in [5.74, 6) is 0.597. The molecule has 1 aromatic heterocycles. The molecule has 0 saturated carbocycles. The van der Waals surface area contributed by atoms with Gasteiger partial charge in [-0.2, -0.15) is 8.61 Å². The van der Waals surface area contributed by atoms with Crippen LogP contribution in [0.25, 0.3) is 0 Å². The van der Waals surface area contributed by atoms with Crippen molar-refractivity contribution in [1.82, 2.24) is 13.6 Å². The average molecular weight is 465 g/mol. The lowest BCUT2D eigenvalue weighted by atomic mass is 10.1. The van der Waals surface area contributed by atoms with Crippen molar-refractivity contribution in [2.45, 2.75) is 48.4 Å². The lowest BCUT2D eigenvalue weighted by Crippen LogP contribution is -2.42. The van der Waals surface area contributed by atoms with E-state index in [1.165, 1.54) is 14.8 Å². The highest BCUT2D eigenvalue weighted by Gasteiger charge is 2.30. The van der Waals surface area contributed by atoms with Crippen molar-refractivity contribution >= 4 is 25.9 Å². The number of piperidine rings is 1. The van der Waals surface area contributed by atoms with E-state index in [-0.39, 0.29) is 10.9 Å². The van der Waals surface area contributed by atoms with Crippen molar-refractivity contribution in [3.05, 3.63) is 48.2 Å². The number of sulfonamides is 2. The van der Waals surface area contributed by atoms with Crippen molar-refractivity contribution in [3.63, 3.8) is 0 Å². The molecule has 8 nitrogen and oxygen atoms in total. The first kappa shape index (κ1) is 22.2. The maximum atomic E-state index is 12.8. The molecule has 2 fully saturated rings. The second-order valence-electron chi connectivity index (χ2n) is 8.13. The summed E-state index contributed by atoms with van der Waals surface area (Å²) in [7, 11) is -6.96. The molecule has 0 spiro atoms. The van der Waals surface area contributed by atoms with Crippen molar-refractivity contribution in [3.8, 4) is 0 Å². The van der Waals surface area contributed by atoms with Crippen molar-refractivity contribution in [2.75, 3.05) is 31.5 Å². The monoisotopic (exact) mass is 464 g/mol. The van der Waals surface area contributed by atoms with Gasteiger partial charge in [0, 0.05) is 38.4 Å². The molecule has 0 aliphatic carbocycles. The summed E-state index contributed by atoms with van der Waals surface area (Å²) >= 11 is 0. The van der Waals surface area contributed by atoms with Crippen molar-refractivity contribution in [2.24, 2.45) is 0 Å². The maximum Gasteiger partial charge on any atom is 0.244 e. The first-order valence-electron chi connectivity index (χ1n) is 10.6. The molecule has 31 heavy (non-hydrogen) atoms. The van der Waals surface area contributed by atoms with E-state index < -0.39 is 20.0 Å². The normalized spacial score (nSPS) is 19.5. The maximum absolute atomic E-state index is 12.8. The molecule has 0 unspecified atom stereocenters. The third kappa shape index (κ3) is 4.77. The fraction of sp³-hybridized carbons (Fsp3) is 0.476. The topological polar surface area (TPSA) is 99.7 Å². The number of aromatic nitrogens is 1. The third-order valence-corrected chi connectivity index (χ3v) is 9.70. The number of rotatable bonds is 6. The van der Waals surface area contributed by atoms with Crippen LogP contribution >= 0.6 is 0 Å². The molecule has 168 valence electrons. The molecule has 1 N–H and O–H groups in total. The van der Waals surface area contributed by atoms with Crippen LogP contribution in [0.3, 0.4) is 0 Å². The van der Waals surface area contributed by atoms with Gasteiger partial charge in [0.15, 0.2) is 0 Å². The minimum Gasteiger partial charge on any atom is -0.367 e. The average Bonchev–Trinajstić information content (AvgIpc) is 3.31. The highest BCUT2D eigenvalue weighted by molar-refractivity contribution is 7.89.